The lowest BCUT2D eigenvalue weighted by Gasteiger charge is -2.23. The lowest BCUT2D eigenvalue weighted by Crippen LogP contribution is -2.41. The molecule has 10 heteroatoms. The Kier molecular flexibility index (Phi) is 9.18. The van der Waals surface area contributed by atoms with Gasteiger partial charge in [-0.15, -0.1) is 0 Å². The average Bonchev–Trinajstić information content (AvgIpc) is 2.77. The number of nitrogens with zero attached hydrogens (tertiary/aromatic N) is 1. The topological polar surface area (TPSA) is 125 Å². The summed E-state index contributed by atoms with van der Waals surface area (Å²) < 4.78 is 32.3. The standard InChI is InChI=1S/C22H29N3O6S/c1-16(2)13-25(14-21(26)24-28)32(29,30)20-11-9-19(10-12-20)31-15-22(27)23-17(3)18-7-5-4-6-8-18/h4-12,16-17,28H,13-15H2,1-3H3,(H,23,27)(H,24,26). The van der Waals surface area contributed by atoms with E-state index in [0.29, 0.717) is 5.75 Å². The van der Waals surface area contributed by atoms with Gasteiger partial charge in [-0.2, -0.15) is 4.31 Å². The normalized spacial score (nSPS) is 12.4. The highest BCUT2D eigenvalue weighted by Crippen LogP contribution is 2.21. The van der Waals surface area contributed by atoms with Crippen LogP contribution in [-0.2, 0) is 19.6 Å². The van der Waals surface area contributed by atoms with Crippen molar-refractivity contribution >= 4 is 21.8 Å². The highest BCUT2D eigenvalue weighted by atomic mass is 32.2. The number of hydrogen-bond donors (Lipinski definition) is 3. The fraction of sp³-hybridized carbons (Fsp3) is 0.364. The van der Waals surface area contributed by atoms with E-state index in [1.54, 1.807) is 0 Å². The number of hydrogen-bond acceptors (Lipinski definition) is 6. The number of benzene rings is 2. The summed E-state index contributed by atoms with van der Waals surface area (Å²) in [4.78, 5) is 23.6. The van der Waals surface area contributed by atoms with E-state index in [2.05, 4.69) is 5.32 Å². The molecule has 32 heavy (non-hydrogen) atoms. The maximum absolute atomic E-state index is 12.9. The molecule has 0 aliphatic heterocycles. The SMILES string of the molecule is CC(C)CN(CC(=O)NO)S(=O)(=O)c1ccc(OCC(=O)NC(C)c2ccccc2)cc1. The van der Waals surface area contributed by atoms with Crippen LogP contribution >= 0.6 is 0 Å². The van der Waals surface area contributed by atoms with Gasteiger partial charge in [0.1, 0.15) is 5.75 Å². The number of hydroxylamine groups is 1. The molecule has 0 saturated carbocycles. The number of carbonyl (C=O) groups is 2. The van der Waals surface area contributed by atoms with Crippen molar-refractivity contribution in [3.05, 3.63) is 60.2 Å². The van der Waals surface area contributed by atoms with Gasteiger partial charge < -0.3 is 10.1 Å². The number of sulfonamides is 1. The molecule has 3 N–H and O–H groups in total. The van der Waals surface area contributed by atoms with Gasteiger partial charge in [0.05, 0.1) is 17.5 Å². The number of amides is 2. The van der Waals surface area contributed by atoms with Gasteiger partial charge in [0.25, 0.3) is 11.8 Å². The maximum atomic E-state index is 12.9. The van der Waals surface area contributed by atoms with Crippen LogP contribution in [-0.4, -0.2) is 49.4 Å². The van der Waals surface area contributed by atoms with Crippen LogP contribution in [0.15, 0.2) is 59.5 Å². The van der Waals surface area contributed by atoms with Gasteiger partial charge in [-0.1, -0.05) is 44.2 Å². The predicted octanol–water partition coefficient (Wildman–Crippen LogP) is 2.09. The van der Waals surface area contributed by atoms with Crippen LogP contribution in [0.3, 0.4) is 0 Å². The highest BCUT2D eigenvalue weighted by molar-refractivity contribution is 7.89. The molecule has 2 aromatic carbocycles. The van der Waals surface area contributed by atoms with Crippen molar-refractivity contribution in [1.82, 2.24) is 15.1 Å². The summed E-state index contributed by atoms with van der Waals surface area (Å²) in [6.07, 6.45) is 0. The summed E-state index contributed by atoms with van der Waals surface area (Å²) in [5, 5.41) is 11.6. The Morgan fingerprint density at radius 2 is 1.62 bits per heavy atom. The Balaban J connectivity index is 2.00. The predicted molar refractivity (Wildman–Crippen MR) is 118 cm³/mol. The van der Waals surface area contributed by atoms with Gasteiger partial charge in [-0.05, 0) is 42.7 Å². The van der Waals surface area contributed by atoms with Gasteiger partial charge >= 0.3 is 0 Å². The zero-order chi connectivity index (χ0) is 23.7. The Hall–Kier alpha value is -2.95. The maximum Gasteiger partial charge on any atom is 0.258 e. The molecular formula is C22H29N3O6S. The zero-order valence-electron chi connectivity index (χ0n) is 18.3. The molecule has 0 saturated heterocycles. The number of ether oxygens (including phenoxy) is 1. The van der Waals surface area contributed by atoms with Crippen LogP contribution in [0, 0.1) is 5.92 Å². The second kappa shape index (κ2) is 11.6. The van der Waals surface area contributed by atoms with Crippen LogP contribution in [0.4, 0.5) is 0 Å². The molecule has 0 radical (unpaired) electrons. The minimum atomic E-state index is -3.97. The molecular weight excluding hydrogens is 434 g/mol. The summed E-state index contributed by atoms with van der Waals surface area (Å²) >= 11 is 0. The van der Waals surface area contributed by atoms with Gasteiger partial charge in [-0.25, -0.2) is 13.9 Å². The monoisotopic (exact) mass is 463 g/mol. The van der Waals surface area contributed by atoms with Crippen molar-refractivity contribution in [3.8, 4) is 5.75 Å². The molecule has 0 aliphatic carbocycles. The van der Waals surface area contributed by atoms with Gasteiger partial charge in [-0.3, -0.25) is 14.8 Å². The van der Waals surface area contributed by atoms with Crippen LogP contribution in [0.2, 0.25) is 0 Å². The summed E-state index contributed by atoms with van der Waals surface area (Å²) in [7, 11) is -3.97. The fourth-order valence-corrected chi connectivity index (χ4v) is 4.52. The van der Waals surface area contributed by atoms with E-state index in [1.807, 2.05) is 51.1 Å². The molecule has 2 rings (SSSR count). The summed E-state index contributed by atoms with van der Waals surface area (Å²) in [5.41, 5.74) is 2.42. The highest BCUT2D eigenvalue weighted by Gasteiger charge is 2.27. The van der Waals surface area contributed by atoms with Crippen molar-refractivity contribution in [2.75, 3.05) is 19.7 Å². The van der Waals surface area contributed by atoms with Crippen molar-refractivity contribution in [2.24, 2.45) is 5.92 Å². The first-order chi connectivity index (χ1) is 15.1. The van der Waals surface area contributed by atoms with Crippen LogP contribution in [0.25, 0.3) is 0 Å². The lowest BCUT2D eigenvalue weighted by molar-refractivity contribution is -0.129. The van der Waals surface area contributed by atoms with Crippen LogP contribution < -0.4 is 15.5 Å². The van der Waals surface area contributed by atoms with E-state index in [1.165, 1.54) is 29.7 Å². The molecule has 1 atom stereocenters. The first kappa shape index (κ1) is 25.3. The Bertz CT molecular complexity index is 994. The van der Waals surface area contributed by atoms with Crippen molar-refractivity contribution in [2.45, 2.75) is 31.7 Å². The Morgan fingerprint density at radius 3 is 2.19 bits per heavy atom. The molecule has 0 spiro atoms. The van der Waals surface area contributed by atoms with E-state index in [9.17, 15) is 18.0 Å². The third-order valence-corrected chi connectivity index (χ3v) is 6.35. The lowest BCUT2D eigenvalue weighted by atomic mass is 10.1. The third kappa shape index (κ3) is 7.33. The zero-order valence-corrected chi connectivity index (χ0v) is 19.1. The molecule has 0 fully saturated rings. The summed E-state index contributed by atoms with van der Waals surface area (Å²) in [6, 6.07) is 14.9. The molecule has 0 aliphatic rings. The summed E-state index contributed by atoms with van der Waals surface area (Å²) in [5.74, 6) is -0.841. The van der Waals surface area contributed by atoms with Crippen LogP contribution in [0.5, 0.6) is 5.75 Å². The smallest absolute Gasteiger partial charge is 0.258 e. The molecule has 2 aromatic rings. The van der Waals surface area contributed by atoms with Crippen molar-refractivity contribution < 1.29 is 28.0 Å². The fourth-order valence-electron chi connectivity index (χ4n) is 2.96. The molecule has 174 valence electrons. The van der Waals surface area contributed by atoms with E-state index >= 15 is 0 Å². The van der Waals surface area contributed by atoms with E-state index in [-0.39, 0.29) is 35.9 Å². The van der Waals surface area contributed by atoms with E-state index in [0.717, 1.165) is 9.87 Å². The van der Waals surface area contributed by atoms with E-state index < -0.39 is 22.5 Å². The second-order valence-corrected chi connectivity index (χ2v) is 9.62. The first-order valence-electron chi connectivity index (χ1n) is 10.1. The van der Waals surface area contributed by atoms with Gasteiger partial charge in [0.15, 0.2) is 6.61 Å². The second-order valence-electron chi connectivity index (χ2n) is 7.69. The molecule has 0 heterocycles. The molecule has 9 nitrogen and oxygen atoms in total. The van der Waals surface area contributed by atoms with Gasteiger partial charge in [0.2, 0.25) is 10.0 Å². The Morgan fingerprint density at radius 1 is 1.00 bits per heavy atom. The Labute approximate surface area is 188 Å². The molecule has 1 unspecified atom stereocenters. The minimum absolute atomic E-state index is 0.0293. The largest absolute Gasteiger partial charge is 0.484 e. The molecule has 2 amide bonds. The van der Waals surface area contributed by atoms with Gasteiger partial charge in [0, 0.05) is 6.54 Å². The number of carbonyl (C=O) groups excluding carboxylic acids is 2. The first-order valence-corrected chi connectivity index (χ1v) is 11.6. The average molecular weight is 464 g/mol. The van der Waals surface area contributed by atoms with E-state index in [4.69, 9.17) is 9.94 Å². The van der Waals surface area contributed by atoms with Crippen LogP contribution in [0.1, 0.15) is 32.4 Å². The molecule has 0 aromatic heterocycles. The minimum Gasteiger partial charge on any atom is -0.484 e. The number of rotatable bonds is 11. The molecule has 0 bridgehead atoms. The summed E-state index contributed by atoms with van der Waals surface area (Å²) in [6.45, 7) is 4.88. The van der Waals surface area contributed by atoms with Crippen molar-refractivity contribution in [3.63, 3.8) is 0 Å². The van der Waals surface area contributed by atoms with Crippen molar-refractivity contribution in [1.29, 1.82) is 0 Å². The number of nitrogens with one attached hydrogen (secondary N) is 2. The quantitative estimate of drug-likeness (QED) is 0.346. The third-order valence-electron chi connectivity index (χ3n) is 4.52.